The van der Waals surface area contributed by atoms with Crippen molar-refractivity contribution in [1.29, 1.82) is 0 Å². The maximum Gasteiger partial charge on any atom is 0.211 e. The highest BCUT2D eigenvalue weighted by molar-refractivity contribution is 5.69. The highest BCUT2D eigenvalue weighted by atomic mass is 16.5. The molecule has 1 rings (SSSR count). The zero-order chi connectivity index (χ0) is 15.2. The van der Waals surface area contributed by atoms with Gasteiger partial charge in [0.25, 0.3) is 0 Å². The fourth-order valence-electron chi connectivity index (χ4n) is 1.79. The van der Waals surface area contributed by atoms with Crippen LogP contribution in [-0.2, 0) is 5.41 Å². The zero-order valence-electron chi connectivity index (χ0n) is 12.2. The molecule has 0 aliphatic heterocycles. The molecule has 5 heteroatoms. The summed E-state index contributed by atoms with van der Waals surface area (Å²) in [5.74, 6) is -2.44. The molecule has 0 atom stereocenters. The van der Waals surface area contributed by atoms with Gasteiger partial charge in [-0.1, -0.05) is 20.8 Å². The molecule has 4 N–H and O–H groups in total. The highest BCUT2D eigenvalue weighted by Crippen LogP contribution is 2.55. The monoisotopic (exact) mass is 270 g/mol. The van der Waals surface area contributed by atoms with Crippen molar-refractivity contribution < 1.29 is 25.2 Å². The Morgan fingerprint density at radius 2 is 1.05 bits per heavy atom. The number of hydrogen-bond donors (Lipinski definition) is 4. The molecule has 0 heterocycles. The highest BCUT2D eigenvalue weighted by Gasteiger charge is 2.32. The zero-order valence-corrected chi connectivity index (χ0v) is 12.2. The Labute approximate surface area is 113 Å². The van der Waals surface area contributed by atoms with Gasteiger partial charge < -0.3 is 25.2 Å². The van der Waals surface area contributed by atoms with Gasteiger partial charge in [-0.2, -0.15) is 0 Å². The Kier molecular flexibility index (Phi) is 3.54. The molecular weight excluding hydrogens is 248 g/mol. The molecule has 0 aliphatic rings. The maximum atomic E-state index is 10.0. The first kappa shape index (κ1) is 15.3. The van der Waals surface area contributed by atoms with Gasteiger partial charge in [0, 0.05) is 5.56 Å². The quantitative estimate of drug-likeness (QED) is 0.465. The summed E-state index contributed by atoms with van der Waals surface area (Å²) >= 11 is 0. The molecule has 0 fully saturated rings. The molecule has 0 aromatic heterocycles. The van der Waals surface area contributed by atoms with Crippen LogP contribution in [0.1, 0.15) is 47.1 Å². The van der Waals surface area contributed by atoms with Crippen LogP contribution in [0.4, 0.5) is 0 Å². The molecule has 19 heavy (non-hydrogen) atoms. The van der Waals surface area contributed by atoms with Crippen LogP contribution >= 0.6 is 0 Å². The first-order valence-electron chi connectivity index (χ1n) is 6.05. The standard InChI is InChI=1S/C14H22O5/c1-13(2,3)7-8(15)10(17)12(11(18)9(7)16)19-14(4,5)6/h15-18H,1-6H3. The summed E-state index contributed by atoms with van der Waals surface area (Å²) in [6, 6.07) is 0. The van der Waals surface area contributed by atoms with Gasteiger partial charge in [-0.05, 0) is 26.2 Å². The van der Waals surface area contributed by atoms with Crippen LogP contribution < -0.4 is 4.74 Å². The Morgan fingerprint density at radius 1 is 0.684 bits per heavy atom. The van der Waals surface area contributed by atoms with Crippen LogP contribution in [0.2, 0.25) is 0 Å². The topological polar surface area (TPSA) is 90.2 Å². The Morgan fingerprint density at radius 3 is 1.32 bits per heavy atom. The van der Waals surface area contributed by atoms with E-state index in [1.807, 2.05) is 0 Å². The van der Waals surface area contributed by atoms with E-state index in [1.165, 1.54) is 0 Å². The van der Waals surface area contributed by atoms with E-state index in [2.05, 4.69) is 0 Å². The van der Waals surface area contributed by atoms with Gasteiger partial charge >= 0.3 is 0 Å². The largest absolute Gasteiger partial charge is 0.504 e. The Hall–Kier alpha value is -1.78. The number of phenolic OH excluding ortho intramolecular Hbond substituents is 4. The maximum absolute atomic E-state index is 10.0. The van der Waals surface area contributed by atoms with E-state index in [-0.39, 0.29) is 11.3 Å². The summed E-state index contributed by atoms with van der Waals surface area (Å²) in [4.78, 5) is 0. The van der Waals surface area contributed by atoms with Crippen LogP contribution in [0.3, 0.4) is 0 Å². The van der Waals surface area contributed by atoms with Crippen LogP contribution in [0.15, 0.2) is 0 Å². The second-order valence-corrected chi connectivity index (χ2v) is 6.56. The van der Waals surface area contributed by atoms with E-state index in [0.29, 0.717) is 0 Å². The number of rotatable bonds is 1. The van der Waals surface area contributed by atoms with Crippen molar-refractivity contribution in [2.24, 2.45) is 0 Å². The average molecular weight is 270 g/mol. The van der Waals surface area contributed by atoms with Gasteiger partial charge in [0.2, 0.25) is 17.2 Å². The molecule has 0 saturated heterocycles. The second kappa shape index (κ2) is 4.40. The molecule has 0 radical (unpaired) electrons. The molecule has 5 nitrogen and oxygen atoms in total. The SMILES string of the molecule is CC(C)(C)Oc1c(O)c(O)c(C(C)(C)C)c(O)c1O. The lowest BCUT2D eigenvalue weighted by Crippen LogP contribution is -2.23. The summed E-state index contributed by atoms with van der Waals surface area (Å²) in [5, 5.41) is 40.0. The Bertz CT molecular complexity index is 463. The molecule has 0 amide bonds. The van der Waals surface area contributed by atoms with Gasteiger partial charge in [-0.3, -0.25) is 0 Å². The van der Waals surface area contributed by atoms with Gasteiger partial charge in [0.1, 0.15) is 5.60 Å². The fourth-order valence-corrected chi connectivity index (χ4v) is 1.79. The molecule has 0 bridgehead atoms. The molecule has 1 aromatic rings. The summed E-state index contributed by atoms with van der Waals surface area (Å²) in [5.41, 5.74) is -1.27. The predicted octanol–water partition coefficient (Wildman–Crippen LogP) is 2.98. The Balaban J connectivity index is 3.57. The lowest BCUT2D eigenvalue weighted by Gasteiger charge is -2.27. The van der Waals surface area contributed by atoms with E-state index < -0.39 is 34.0 Å². The van der Waals surface area contributed by atoms with E-state index in [4.69, 9.17) is 4.74 Å². The summed E-state index contributed by atoms with van der Waals surface area (Å²) in [7, 11) is 0. The predicted molar refractivity (Wildman–Crippen MR) is 72.2 cm³/mol. The van der Waals surface area contributed by atoms with Crippen molar-refractivity contribution in [3.8, 4) is 28.7 Å². The molecule has 0 spiro atoms. The first-order valence-corrected chi connectivity index (χ1v) is 6.05. The minimum atomic E-state index is -0.697. The normalized spacial score (nSPS) is 12.5. The smallest absolute Gasteiger partial charge is 0.211 e. The lowest BCUT2D eigenvalue weighted by atomic mass is 9.85. The van der Waals surface area contributed by atoms with Crippen molar-refractivity contribution in [2.75, 3.05) is 0 Å². The first-order chi connectivity index (χ1) is 8.36. The summed E-state index contributed by atoms with van der Waals surface area (Å²) in [6.45, 7) is 10.4. The van der Waals surface area contributed by atoms with Crippen molar-refractivity contribution in [3.63, 3.8) is 0 Å². The van der Waals surface area contributed by atoms with Crippen molar-refractivity contribution in [2.45, 2.75) is 52.6 Å². The molecule has 1 aromatic carbocycles. The minimum Gasteiger partial charge on any atom is -0.504 e. The number of hydrogen-bond acceptors (Lipinski definition) is 5. The van der Waals surface area contributed by atoms with Crippen molar-refractivity contribution >= 4 is 0 Å². The van der Waals surface area contributed by atoms with Crippen LogP contribution in [-0.4, -0.2) is 26.0 Å². The van der Waals surface area contributed by atoms with Gasteiger partial charge in [-0.15, -0.1) is 0 Å². The van der Waals surface area contributed by atoms with Crippen LogP contribution in [0, 0.1) is 0 Å². The van der Waals surface area contributed by atoms with Crippen molar-refractivity contribution in [1.82, 2.24) is 0 Å². The molecule has 0 unspecified atom stereocenters. The average Bonchev–Trinajstić information content (AvgIpc) is 2.18. The number of benzene rings is 1. The van der Waals surface area contributed by atoms with Crippen LogP contribution in [0.25, 0.3) is 0 Å². The molecule has 0 aliphatic carbocycles. The molecular formula is C14H22O5. The summed E-state index contributed by atoms with van der Waals surface area (Å²) < 4.78 is 5.37. The fraction of sp³-hybridized carbons (Fsp3) is 0.571. The summed E-state index contributed by atoms with van der Waals surface area (Å²) in [6.07, 6.45) is 0. The van der Waals surface area contributed by atoms with Crippen molar-refractivity contribution in [3.05, 3.63) is 5.56 Å². The number of phenols is 4. The molecule has 108 valence electrons. The van der Waals surface area contributed by atoms with Gasteiger partial charge in [-0.25, -0.2) is 0 Å². The third-order valence-electron chi connectivity index (χ3n) is 2.51. The molecule has 0 saturated carbocycles. The van der Waals surface area contributed by atoms with Crippen LogP contribution in [0.5, 0.6) is 28.7 Å². The number of ether oxygens (including phenoxy) is 1. The van der Waals surface area contributed by atoms with Gasteiger partial charge in [0.05, 0.1) is 0 Å². The minimum absolute atomic E-state index is 0.0729. The second-order valence-electron chi connectivity index (χ2n) is 6.56. The third-order valence-corrected chi connectivity index (χ3v) is 2.51. The van der Waals surface area contributed by atoms with E-state index in [1.54, 1.807) is 41.5 Å². The van der Waals surface area contributed by atoms with E-state index in [0.717, 1.165) is 0 Å². The lowest BCUT2D eigenvalue weighted by molar-refractivity contribution is 0.118. The van der Waals surface area contributed by atoms with E-state index in [9.17, 15) is 20.4 Å². The third kappa shape index (κ3) is 2.97. The van der Waals surface area contributed by atoms with E-state index >= 15 is 0 Å². The van der Waals surface area contributed by atoms with Gasteiger partial charge in [0.15, 0.2) is 11.5 Å². The number of aromatic hydroxyl groups is 4.